The molecule has 1 aromatic heterocycles. The number of carbonyl (C=O) groups is 1. The first-order chi connectivity index (χ1) is 9.99. The molecular weight excluding hydrogens is 264 g/mol. The number of nitrogens with zero attached hydrogens (tertiary/aromatic N) is 1. The fourth-order valence-electron chi connectivity index (χ4n) is 2.35. The van der Waals surface area contributed by atoms with Gasteiger partial charge in [-0.05, 0) is 24.6 Å². The minimum Gasteiger partial charge on any atom is -0.464 e. The van der Waals surface area contributed by atoms with E-state index in [1.807, 2.05) is 56.3 Å². The molecule has 0 aliphatic heterocycles. The molecule has 2 N–H and O–H groups in total. The van der Waals surface area contributed by atoms with Crippen molar-refractivity contribution in [2.75, 3.05) is 7.05 Å². The first kappa shape index (κ1) is 15.3. The molecule has 2 rings (SSSR count). The molecule has 4 nitrogen and oxygen atoms in total. The molecular formula is C17H22N2O2. The second-order valence-electron chi connectivity index (χ2n) is 5.43. The number of carbonyl (C=O) groups excluding carboxylic acids is 1. The van der Waals surface area contributed by atoms with Gasteiger partial charge in [0.25, 0.3) is 0 Å². The molecule has 112 valence electrons. The predicted octanol–water partition coefficient (Wildman–Crippen LogP) is 2.88. The molecule has 2 unspecified atom stereocenters. The van der Waals surface area contributed by atoms with Crippen LogP contribution in [0, 0.1) is 12.8 Å². The summed E-state index contributed by atoms with van der Waals surface area (Å²) in [5.74, 6) is 1.36. The maximum atomic E-state index is 12.5. The predicted molar refractivity (Wildman–Crippen MR) is 82.5 cm³/mol. The highest BCUT2D eigenvalue weighted by molar-refractivity contribution is 5.79. The summed E-state index contributed by atoms with van der Waals surface area (Å²) in [6.07, 6.45) is 0. The van der Waals surface area contributed by atoms with Gasteiger partial charge in [0, 0.05) is 13.1 Å². The van der Waals surface area contributed by atoms with Gasteiger partial charge in [-0.3, -0.25) is 4.79 Å². The molecule has 0 bridgehead atoms. The summed E-state index contributed by atoms with van der Waals surface area (Å²) in [6, 6.07) is 13.2. The van der Waals surface area contributed by atoms with Crippen molar-refractivity contribution >= 4 is 5.91 Å². The van der Waals surface area contributed by atoms with Crippen molar-refractivity contribution in [1.82, 2.24) is 4.90 Å². The summed E-state index contributed by atoms with van der Waals surface area (Å²) < 4.78 is 5.50. The Bertz CT molecular complexity index is 592. The molecule has 2 atom stereocenters. The number of rotatable bonds is 5. The van der Waals surface area contributed by atoms with Crippen LogP contribution in [0.3, 0.4) is 0 Å². The number of hydrogen-bond acceptors (Lipinski definition) is 3. The second-order valence-corrected chi connectivity index (χ2v) is 5.43. The highest BCUT2D eigenvalue weighted by atomic mass is 16.3. The Morgan fingerprint density at radius 1 is 1.24 bits per heavy atom. The Labute approximate surface area is 125 Å². The molecule has 0 saturated heterocycles. The average molecular weight is 286 g/mol. The number of hydrogen-bond donors (Lipinski definition) is 1. The van der Waals surface area contributed by atoms with Crippen LogP contribution in [0.5, 0.6) is 0 Å². The Morgan fingerprint density at radius 2 is 1.90 bits per heavy atom. The van der Waals surface area contributed by atoms with Crippen LogP contribution < -0.4 is 5.73 Å². The van der Waals surface area contributed by atoms with Gasteiger partial charge in [-0.2, -0.15) is 0 Å². The molecule has 0 saturated carbocycles. The minimum atomic E-state index is -0.306. The standard InChI is InChI=1S/C17H22N2O2/c1-12-9-10-15(21-12)11-19(3)17(20)13(2)16(18)14-7-5-4-6-8-14/h4-10,13,16H,11,18H2,1-3H3. The van der Waals surface area contributed by atoms with Crippen molar-refractivity contribution in [3.8, 4) is 0 Å². The maximum Gasteiger partial charge on any atom is 0.227 e. The Kier molecular flexibility index (Phi) is 4.81. The number of benzene rings is 1. The van der Waals surface area contributed by atoms with Gasteiger partial charge in [-0.1, -0.05) is 37.3 Å². The van der Waals surface area contributed by atoms with Gasteiger partial charge in [0.1, 0.15) is 11.5 Å². The Hall–Kier alpha value is -2.07. The normalized spacial score (nSPS) is 13.7. The van der Waals surface area contributed by atoms with Crippen LogP contribution in [0.4, 0.5) is 0 Å². The first-order valence-corrected chi connectivity index (χ1v) is 7.10. The van der Waals surface area contributed by atoms with Gasteiger partial charge >= 0.3 is 0 Å². The summed E-state index contributed by atoms with van der Waals surface area (Å²) in [5.41, 5.74) is 7.18. The second kappa shape index (κ2) is 6.59. The summed E-state index contributed by atoms with van der Waals surface area (Å²) in [7, 11) is 1.77. The van der Waals surface area contributed by atoms with E-state index in [0.29, 0.717) is 6.54 Å². The van der Waals surface area contributed by atoms with Crippen LogP contribution >= 0.6 is 0 Å². The molecule has 0 fully saturated rings. The fraction of sp³-hybridized carbons (Fsp3) is 0.353. The third-order valence-corrected chi connectivity index (χ3v) is 3.68. The van der Waals surface area contributed by atoms with Crippen molar-refractivity contribution in [1.29, 1.82) is 0 Å². The number of furan rings is 1. The average Bonchev–Trinajstić information content (AvgIpc) is 2.90. The Balaban J connectivity index is 2.01. The lowest BCUT2D eigenvalue weighted by atomic mass is 9.94. The smallest absolute Gasteiger partial charge is 0.227 e. The van der Waals surface area contributed by atoms with Crippen LogP contribution in [0.2, 0.25) is 0 Å². The third-order valence-electron chi connectivity index (χ3n) is 3.68. The van der Waals surface area contributed by atoms with Crippen LogP contribution in [-0.2, 0) is 11.3 Å². The lowest BCUT2D eigenvalue weighted by molar-refractivity contribution is -0.135. The summed E-state index contributed by atoms with van der Waals surface area (Å²) in [5, 5.41) is 0. The largest absolute Gasteiger partial charge is 0.464 e. The van der Waals surface area contributed by atoms with Crippen molar-refractivity contribution in [2.24, 2.45) is 11.7 Å². The van der Waals surface area contributed by atoms with Gasteiger partial charge in [-0.15, -0.1) is 0 Å². The van der Waals surface area contributed by atoms with Crippen molar-refractivity contribution in [2.45, 2.75) is 26.4 Å². The fourth-order valence-corrected chi connectivity index (χ4v) is 2.35. The van der Waals surface area contributed by atoms with Crippen LogP contribution in [0.15, 0.2) is 46.9 Å². The van der Waals surface area contributed by atoms with Crippen molar-refractivity contribution in [3.63, 3.8) is 0 Å². The SMILES string of the molecule is Cc1ccc(CN(C)C(=O)C(C)C(N)c2ccccc2)o1. The zero-order valence-corrected chi connectivity index (χ0v) is 12.7. The van der Waals surface area contributed by atoms with E-state index in [-0.39, 0.29) is 17.9 Å². The molecule has 0 radical (unpaired) electrons. The number of aryl methyl sites for hydroxylation is 1. The number of nitrogens with two attached hydrogens (primary N) is 1. The number of amides is 1. The topological polar surface area (TPSA) is 59.5 Å². The van der Waals surface area contributed by atoms with Gasteiger partial charge in [0.05, 0.1) is 12.5 Å². The molecule has 0 aliphatic carbocycles. The van der Waals surface area contributed by atoms with Crippen LogP contribution in [-0.4, -0.2) is 17.9 Å². The zero-order chi connectivity index (χ0) is 15.4. The van der Waals surface area contributed by atoms with E-state index in [1.54, 1.807) is 11.9 Å². The van der Waals surface area contributed by atoms with E-state index >= 15 is 0 Å². The lowest BCUT2D eigenvalue weighted by Crippen LogP contribution is -2.36. The zero-order valence-electron chi connectivity index (χ0n) is 12.7. The van der Waals surface area contributed by atoms with Crippen molar-refractivity contribution < 1.29 is 9.21 Å². The molecule has 0 aliphatic rings. The molecule has 1 heterocycles. The quantitative estimate of drug-likeness (QED) is 0.919. The van der Waals surface area contributed by atoms with Crippen LogP contribution in [0.1, 0.15) is 30.0 Å². The third kappa shape index (κ3) is 3.73. The van der Waals surface area contributed by atoms with E-state index in [4.69, 9.17) is 10.2 Å². The molecule has 4 heteroatoms. The van der Waals surface area contributed by atoms with Crippen molar-refractivity contribution in [3.05, 3.63) is 59.5 Å². The monoisotopic (exact) mass is 286 g/mol. The van der Waals surface area contributed by atoms with Gasteiger partial charge in [-0.25, -0.2) is 0 Å². The van der Waals surface area contributed by atoms with E-state index in [0.717, 1.165) is 17.1 Å². The van der Waals surface area contributed by atoms with Gasteiger partial charge < -0.3 is 15.1 Å². The van der Waals surface area contributed by atoms with E-state index < -0.39 is 0 Å². The van der Waals surface area contributed by atoms with E-state index in [9.17, 15) is 4.79 Å². The van der Waals surface area contributed by atoms with Gasteiger partial charge in [0.2, 0.25) is 5.91 Å². The first-order valence-electron chi connectivity index (χ1n) is 7.10. The Morgan fingerprint density at radius 3 is 2.48 bits per heavy atom. The van der Waals surface area contributed by atoms with E-state index in [2.05, 4.69) is 0 Å². The minimum absolute atomic E-state index is 0.0143. The highest BCUT2D eigenvalue weighted by Gasteiger charge is 2.25. The summed E-state index contributed by atoms with van der Waals surface area (Å²) >= 11 is 0. The molecule has 1 amide bonds. The summed E-state index contributed by atoms with van der Waals surface area (Å²) in [4.78, 5) is 14.1. The molecule has 21 heavy (non-hydrogen) atoms. The molecule has 1 aromatic carbocycles. The highest BCUT2D eigenvalue weighted by Crippen LogP contribution is 2.21. The van der Waals surface area contributed by atoms with Gasteiger partial charge in [0.15, 0.2) is 0 Å². The molecule has 0 spiro atoms. The lowest BCUT2D eigenvalue weighted by Gasteiger charge is -2.25. The molecule has 2 aromatic rings. The maximum absolute atomic E-state index is 12.5. The van der Waals surface area contributed by atoms with Crippen LogP contribution in [0.25, 0.3) is 0 Å². The summed E-state index contributed by atoms with van der Waals surface area (Å²) in [6.45, 7) is 4.21. The van der Waals surface area contributed by atoms with E-state index in [1.165, 1.54) is 0 Å².